The Balaban J connectivity index is 2.12. The van der Waals surface area contributed by atoms with Crippen LogP contribution in [0.3, 0.4) is 0 Å². The zero-order valence-electron chi connectivity index (χ0n) is 7.99. The van der Waals surface area contributed by atoms with Gasteiger partial charge in [-0.15, -0.1) is 0 Å². The predicted octanol–water partition coefficient (Wildman–Crippen LogP) is 1.66. The Labute approximate surface area is 81.5 Å². The van der Waals surface area contributed by atoms with Crippen molar-refractivity contribution in [3.8, 4) is 0 Å². The van der Waals surface area contributed by atoms with Crippen LogP contribution in [-0.2, 0) is 0 Å². The summed E-state index contributed by atoms with van der Waals surface area (Å²) in [5.74, 6) is 1.95. The number of rotatable bonds is 1. The monoisotopic (exact) mass is 188 g/mol. The molecule has 0 aliphatic heterocycles. The van der Waals surface area contributed by atoms with E-state index in [1.807, 2.05) is 6.07 Å². The lowest BCUT2D eigenvalue weighted by molar-refractivity contribution is 0.888. The Bertz CT molecular complexity index is 488. The number of nitrogen functional groups attached to an aromatic ring is 1. The quantitative estimate of drug-likeness (QED) is 0.715. The number of aromatic nitrogens is 3. The lowest BCUT2D eigenvalue weighted by Gasteiger charge is -1.97. The molecular formula is C10H12N4. The number of nitrogens with zero attached hydrogens (tertiary/aromatic N) is 2. The molecule has 2 heterocycles. The molecular weight excluding hydrogens is 176 g/mol. The Kier molecular flexibility index (Phi) is 1.37. The van der Waals surface area contributed by atoms with Crippen molar-refractivity contribution in [2.24, 2.45) is 5.92 Å². The summed E-state index contributed by atoms with van der Waals surface area (Å²) < 4.78 is 0. The van der Waals surface area contributed by atoms with E-state index in [2.05, 4.69) is 28.2 Å². The van der Waals surface area contributed by atoms with Gasteiger partial charge >= 0.3 is 0 Å². The van der Waals surface area contributed by atoms with Gasteiger partial charge in [-0.05, 0) is 24.5 Å². The van der Waals surface area contributed by atoms with Crippen LogP contribution in [0.2, 0.25) is 0 Å². The van der Waals surface area contributed by atoms with Gasteiger partial charge in [-0.1, -0.05) is 6.92 Å². The molecule has 2 aromatic rings. The van der Waals surface area contributed by atoms with Gasteiger partial charge in [0.1, 0.15) is 0 Å². The Morgan fingerprint density at radius 1 is 1.50 bits per heavy atom. The largest absolute Gasteiger partial charge is 0.382 e. The molecule has 4 heteroatoms. The van der Waals surface area contributed by atoms with Gasteiger partial charge in [0.05, 0.1) is 5.39 Å². The highest BCUT2D eigenvalue weighted by atomic mass is 15.2. The number of anilines is 1. The molecule has 1 fully saturated rings. The smallest absolute Gasteiger partial charge is 0.157 e. The van der Waals surface area contributed by atoms with Crippen LogP contribution in [0.25, 0.3) is 11.0 Å². The summed E-state index contributed by atoms with van der Waals surface area (Å²) >= 11 is 0. The number of hydrogen-bond acceptors (Lipinski definition) is 3. The van der Waals surface area contributed by atoms with Gasteiger partial charge < -0.3 is 5.73 Å². The van der Waals surface area contributed by atoms with Crippen molar-refractivity contribution in [1.29, 1.82) is 0 Å². The lowest BCUT2D eigenvalue weighted by Crippen LogP contribution is -1.88. The molecule has 1 aliphatic rings. The summed E-state index contributed by atoms with van der Waals surface area (Å²) in [5.41, 5.74) is 7.63. The SMILES string of the molecule is C[C@@H]1C[C@H]1c1ccc2c(N)n[nH]c2n1. The number of hydrogen-bond donors (Lipinski definition) is 2. The minimum Gasteiger partial charge on any atom is -0.382 e. The fourth-order valence-corrected chi connectivity index (χ4v) is 1.88. The molecule has 14 heavy (non-hydrogen) atoms. The number of fused-ring (bicyclic) bond motifs is 1. The molecule has 3 N–H and O–H groups in total. The van der Waals surface area contributed by atoms with E-state index in [4.69, 9.17) is 5.73 Å². The average Bonchev–Trinajstić information content (AvgIpc) is 2.80. The van der Waals surface area contributed by atoms with Crippen LogP contribution in [0, 0.1) is 5.92 Å². The summed E-state index contributed by atoms with van der Waals surface area (Å²) in [5, 5.41) is 7.68. The van der Waals surface area contributed by atoms with Crippen LogP contribution in [0.5, 0.6) is 0 Å². The molecule has 0 bridgehead atoms. The van der Waals surface area contributed by atoms with Gasteiger partial charge in [-0.2, -0.15) is 5.10 Å². The molecule has 3 rings (SSSR count). The summed E-state index contributed by atoms with van der Waals surface area (Å²) in [6, 6.07) is 4.06. The van der Waals surface area contributed by atoms with Crippen molar-refractivity contribution in [3.63, 3.8) is 0 Å². The summed E-state index contributed by atoms with van der Waals surface area (Å²) in [7, 11) is 0. The van der Waals surface area contributed by atoms with E-state index >= 15 is 0 Å². The third-order valence-corrected chi connectivity index (χ3v) is 2.96. The molecule has 2 aromatic heterocycles. The van der Waals surface area contributed by atoms with E-state index in [9.17, 15) is 0 Å². The second-order valence-corrected chi connectivity index (χ2v) is 4.06. The van der Waals surface area contributed by atoms with Gasteiger partial charge in [0, 0.05) is 11.6 Å². The van der Waals surface area contributed by atoms with Crippen LogP contribution in [-0.4, -0.2) is 15.2 Å². The van der Waals surface area contributed by atoms with Crippen LogP contribution >= 0.6 is 0 Å². The first kappa shape index (κ1) is 7.79. The van der Waals surface area contributed by atoms with Crippen molar-refractivity contribution < 1.29 is 0 Å². The highest BCUT2D eigenvalue weighted by Crippen LogP contribution is 2.46. The maximum Gasteiger partial charge on any atom is 0.157 e. The lowest BCUT2D eigenvalue weighted by atomic mass is 10.2. The molecule has 0 unspecified atom stereocenters. The van der Waals surface area contributed by atoms with Gasteiger partial charge in [0.25, 0.3) is 0 Å². The van der Waals surface area contributed by atoms with Crippen LogP contribution < -0.4 is 5.73 Å². The van der Waals surface area contributed by atoms with Gasteiger partial charge in [0.15, 0.2) is 11.5 Å². The molecule has 0 radical (unpaired) electrons. The van der Waals surface area contributed by atoms with Crippen LogP contribution in [0.1, 0.15) is 25.0 Å². The fraction of sp³-hybridized carbons (Fsp3) is 0.400. The van der Waals surface area contributed by atoms with E-state index in [-0.39, 0.29) is 0 Å². The van der Waals surface area contributed by atoms with E-state index in [1.165, 1.54) is 6.42 Å². The molecule has 2 atom stereocenters. The van der Waals surface area contributed by atoms with Crippen LogP contribution in [0.4, 0.5) is 5.82 Å². The van der Waals surface area contributed by atoms with Crippen LogP contribution in [0.15, 0.2) is 12.1 Å². The Morgan fingerprint density at radius 2 is 2.29 bits per heavy atom. The van der Waals surface area contributed by atoms with Crippen molar-refractivity contribution >= 4 is 16.9 Å². The van der Waals surface area contributed by atoms with Crippen molar-refractivity contribution in [1.82, 2.24) is 15.2 Å². The zero-order chi connectivity index (χ0) is 9.71. The topological polar surface area (TPSA) is 67.6 Å². The number of nitrogens with two attached hydrogens (primary N) is 1. The highest BCUT2D eigenvalue weighted by molar-refractivity contribution is 5.85. The molecule has 72 valence electrons. The molecule has 1 saturated carbocycles. The van der Waals surface area contributed by atoms with Crippen molar-refractivity contribution in [3.05, 3.63) is 17.8 Å². The highest BCUT2D eigenvalue weighted by Gasteiger charge is 2.35. The second kappa shape index (κ2) is 2.47. The number of aromatic amines is 1. The number of H-pyrrole nitrogens is 1. The first-order valence-electron chi connectivity index (χ1n) is 4.86. The maximum atomic E-state index is 5.66. The molecule has 1 aliphatic carbocycles. The minimum absolute atomic E-state index is 0.530. The first-order chi connectivity index (χ1) is 6.75. The van der Waals surface area contributed by atoms with E-state index in [1.54, 1.807) is 0 Å². The second-order valence-electron chi connectivity index (χ2n) is 4.06. The summed E-state index contributed by atoms with van der Waals surface area (Å²) in [6.45, 7) is 2.25. The van der Waals surface area contributed by atoms with Gasteiger partial charge in [0.2, 0.25) is 0 Å². The Morgan fingerprint density at radius 3 is 3.00 bits per heavy atom. The average molecular weight is 188 g/mol. The Hall–Kier alpha value is -1.58. The third-order valence-electron chi connectivity index (χ3n) is 2.96. The van der Waals surface area contributed by atoms with Crippen molar-refractivity contribution in [2.75, 3.05) is 5.73 Å². The van der Waals surface area contributed by atoms with E-state index in [0.717, 1.165) is 22.6 Å². The first-order valence-corrected chi connectivity index (χ1v) is 4.86. The molecule has 0 saturated heterocycles. The standard InChI is InChI=1S/C10H12N4/c1-5-4-7(5)8-3-2-6-9(11)13-14-10(6)12-8/h2-3,5,7H,4H2,1H3,(H3,11,12,13,14)/t5-,7-/m1/s1. The maximum absolute atomic E-state index is 5.66. The van der Waals surface area contributed by atoms with E-state index < -0.39 is 0 Å². The number of nitrogens with one attached hydrogen (secondary N) is 1. The molecule has 0 amide bonds. The third kappa shape index (κ3) is 0.999. The predicted molar refractivity (Wildman–Crippen MR) is 54.8 cm³/mol. The van der Waals surface area contributed by atoms with Gasteiger partial charge in [-0.25, -0.2) is 4.98 Å². The fourth-order valence-electron chi connectivity index (χ4n) is 1.88. The summed E-state index contributed by atoms with van der Waals surface area (Å²) in [6.07, 6.45) is 1.25. The molecule has 4 nitrogen and oxygen atoms in total. The van der Waals surface area contributed by atoms with Gasteiger partial charge in [-0.3, -0.25) is 5.10 Å². The number of pyridine rings is 1. The zero-order valence-corrected chi connectivity index (χ0v) is 7.99. The molecule has 0 aromatic carbocycles. The summed E-state index contributed by atoms with van der Waals surface area (Å²) in [4.78, 5) is 4.51. The van der Waals surface area contributed by atoms with Crippen molar-refractivity contribution in [2.45, 2.75) is 19.3 Å². The minimum atomic E-state index is 0.530. The molecule has 0 spiro atoms. The van der Waals surface area contributed by atoms with E-state index in [0.29, 0.717) is 11.7 Å². The normalized spacial score (nSPS) is 25.5.